The van der Waals surface area contributed by atoms with E-state index >= 15 is 0 Å². The van der Waals surface area contributed by atoms with E-state index in [1.165, 1.54) is 23.6 Å². The summed E-state index contributed by atoms with van der Waals surface area (Å²) in [4.78, 5) is 16.0. The molecule has 2 aromatic heterocycles. The molecule has 5 nitrogen and oxygen atoms in total. The zero-order valence-electron chi connectivity index (χ0n) is 10.7. The number of fused-ring (bicyclic) bond motifs is 1. The van der Waals surface area contributed by atoms with E-state index in [0.29, 0.717) is 16.3 Å². The number of hydrogen-bond acceptors (Lipinski definition) is 5. The molecule has 2 heterocycles. The Bertz CT molecular complexity index is 898. The summed E-state index contributed by atoms with van der Waals surface area (Å²) in [6.07, 6.45) is 3.09. The van der Waals surface area contributed by atoms with Crippen LogP contribution in [0.2, 0.25) is 0 Å². The first-order valence-electron chi connectivity index (χ1n) is 6.00. The summed E-state index contributed by atoms with van der Waals surface area (Å²) >= 11 is 1.33. The van der Waals surface area contributed by atoms with Gasteiger partial charge in [0.25, 0.3) is 15.9 Å². The highest BCUT2D eigenvalue weighted by atomic mass is 32.2. The minimum Gasteiger partial charge on any atom is -0.268 e. The molecule has 1 amide bonds. The van der Waals surface area contributed by atoms with Crippen LogP contribution in [0, 0.1) is 0 Å². The van der Waals surface area contributed by atoms with Crippen molar-refractivity contribution in [3.63, 3.8) is 0 Å². The molecule has 0 atom stereocenters. The molecule has 0 saturated heterocycles. The maximum Gasteiger partial charge on any atom is 0.265 e. The maximum atomic E-state index is 12.4. The molecule has 106 valence electrons. The summed E-state index contributed by atoms with van der Waals surface area (Å²) in [5.41, 5.74) is 0.325. The second-order valence-corrected chi connectivity index (χ2v) is 6.73. The smallest absolute Gasteiger partial charge is 0.265 e. The largest absolute Gasteiger partial charge is 0.268 e. The second kappa shape index (κ2) is 5.27. The van der Waals surface area contributed by atoms with E-state index in [1.54, 1.807) is 41.2 Å². The number of sulfonamides is 1. The monoisotopic (exact) mass is 318 g/mol. The van der Waals surface area contributed by atoms with Crippen LogP contribution in [0.15, 0.2) is 58.4 Å². The fourth-order valence-electron chi connectivity index (χ4n) is 1.96. The molecule has 0 bridgehead atoms. The number of benzene rings is 1. The molecule has 0 saturated carbocycles. The Hall–Kier alpha value is -2.25. The van der Waals surface area contributed by atoms with E-state index in [0.717, 1.165) is 0 Å². The standard InChI is InChI=1S/C14H10N2O3S2/c17-14(11-5-7-20-9-11)16-21(18,19)13-3-1-2-10-8-15-6-4-12(10)13/h1-9H,(H,16,17). The van der Waals surface area contributed by atoms with Crippen LogP contribution in [-0.4, -0.2) is 19.3 Å². The SMILES string of the molecule is O=C(NS(=O)(=O)c1cccc2cnccc12)c1ccsc1. The molecule has 0 aliphatic carbocycles. The average Bonchev–Trinajstić information content (AvgIpc) is 3.00. The number of nitrogens with one attached hydrogen (secondary N) is 1. The lowest BCUT2D eigenvalue weighted by atomic mass is 10.2. The topological polar surface area (TPSA) is 76.1 Å². The summed E-state index contributed by atoms with van der Waals surface area (Å²) in [5.74, 6) is -0.637. The van der Waals surface area contributed by atoms with Gasteiger partial charge >= 0.3 is 0 Å². The summed E-state index contributed by atoms with van der Waals surface area (Å²) in [7, 11) is -3.93. The molecule has 0 aliphatic rings. The average molecular weight is 318 g/mol. The minimum absolute atomic E-state index is 0.0611. The van der Waals surface area contributed by atoms with Gasteiger partial charge in [-0.05, 0) is 23.6 Å². The predicted octanol–water partition coefficient (Wildman–Crippen LogP) is 2.42. The molecule has 0 unspecified atom stereocenters. The molecule has 3 rings (SSSR count). The lowest BCUT2D eigenvalue weighted by molar-refractivity contribution is 0.0982. The van der Waals surface area contributed by atoms with Gasteiger partial charge in [-0.15, -0.1) is 0 Å². The molecule has 1 aromatic carbocycles. The van der Waals surface area contributed by atoms with E-state index in [1.807, 2.05) is 0 Å². The summed E-state index contributed by atoms with van der Waals surface area (Å²) in [6, 6.07) is 8.03. The Kier molecular flexibility index (Phi) is 3.44. The second-order valence-electron chi connectivity index (χ2n) is 4.30. The van der Waals surface area contributed by atoms with Gasteiger partial charge in [0.2, 0.25) is 0 Å². The van der Waals surface area contributed by atoms with Crippen LogP contribution in [0.4, 0.5) is 0 Å². The van der Waals surface area contributed by atoms with E-state index in [2.05, 4.69) is 9.71 Å². The third-order valence-electron chi connectivity index (χ3n) is 2.94. The van der Waals surface area contributed by atoms with Gasteiger partial charge in [-0.1, -0.05) is 12.1 Å². The highest BCUT2D eigenvalue weighted by Gasteiger charge is 2.21. The Morgan fingerprint density at radius 3 is 2.81 bits per heavy atom. The molecule has 0 aliphatic heterocycles. The third kappa shape index (κ3) is 2.65. The zero-order valence-corrected chi connectivity index (χ0v) is 12.3. The van der Waals surface area contributed by atoms with E-state index in [9.17, 15) is 13.2 Å². The van der Waals surface area contributed by atoms with Crippen LogP contribution in [0.1, 0.15) is 10.4 Å². The molecule has 1 N–H and O–H groups in total. The van der Waals surface area contributed by atoms with E-state index in [4.69, 9.17) is 0 Å². The van der Waals surface area contributed by atoms with Crippen LogP contribution in [0.3, 0.4) is 0 Å². The molecule has 21 heavy (non-hydrogen) atoms. The molecular weight excluding hydrogens is 308 g/mol. The number of nitrogens with zero attached hydrogens (tertiary/aromatic N) is 1. The predicted molar refractivity (Wildman–Crippen MR) is 80.7 cm³/mol. The highest BCUT2D eigenvalue weighted by Crippen LogP contribution is 2.22. The van der Waals surface area contributed by atoms with Crippen molar-refractivity contribution >= 4 is 38.0 Å². The number of thiophene rings is 1. The molecule has 7 heteroatoms. The van der Waals surface area contributed by atoms with Gasteiger partial charge in [-0.3, -0.25) is 9.78 Å². The lowest BCUT2D eigenvalue weighted by Crippen LogP contribution is -2.30. The first-order valence-corrected chi connectivity index (χ1v) is 8.42. The number of pyridine rings is 1. The Morgan fingerprint density at radius 2 is 2.05 bits per heavy atom. The minimum atomic E-state index is -3.93. The normalized spacial score (nSPS) is 11.4. The van der Waals surface area contributed by atoms with Crippen molar-refractivity contribution < 1.29 is 13.2 Å². The van der Waals surface area contributed by atoms with Crippen molar-refractivity contribution in [2.45, 2.75) is 4.90 Å². The fourth-order valence-corrected chi connectivity index (χ4v) is 3.80. The molecule has 0 radical (unpaired) electrons. The van der Waals surface area contributed by atoms with Gasteiger partial charge in [0.1, 0.15) is 0 Å². The van der Waals surface area contributed by atoms with Gasteiger partial charge in [-0.25, -0.2) is 13.1 Å². The summed E-state index contributed by atoms with van der Waals surface area (Å²) in [5, 5.41) is 4.53. The number of rotatable bonds is 3. The van der Waals surface area contributed by atoms with Gasteiger partial charge in [0, 0.05) is 28.5 Å². The van der Waals surface area contributed by atoms with Crippen LogP contribution < -0.4 is 4.72 Å². The summed E-state index contributed by atoms with van der Waals surface area (Å²) in [6.45, 7) is 0. The van der Waals surface area contributed by atoms with Crippen molar-refractivity contribution in [2.75, 3.05) is 0 Å². The first kappa shape index (κ1) is 13.7. The van der Waals surface area contributed by atoms with Crippen LogP contribution in [0.5, 0.6) is 0 Å². The number of amides is 1. The lowest BCUT2D eigenvalue weighted by Gasteiger charge is -2.08. The van der Waals surface area contributed by atoms with Gasteiger partial charge in [-0.2, -0.15) is 11.3 Å². The quantitative estimate of drug-likeness (QED) is 0.804. The molecule has 0 fully saturated rings. The molecular formula is C14H10N2O3S2. The zero-order chi connectivity index (χ0) is 14.9. The van der Waals surface area contributed by atoms with E-state index in [-0.39, 0.29) is 4.90 Å². The number of carbonyl (C=O) groups excluding carboxylic acids is 1. The van der Waals surface area contributed by atoms with Crippen LogP contribution in [-0.2, 0) is 10.0 Å². The van der Waals surface area contributed by atoms with Gasteiger partial charge in [0.15, 0.2) is 0 Å². The summed E-state index contributed by atoms with van der Waals surface area (Å²) < 4.78 is 26.9. The van der Waals surface area contributed by atoms with Crippen molar-refractivity contribution in [3.05, 3.63) is 59.0 Å². The van der Waals surface area contributed by atoms with Crippen molar-refractivity contribution in [3.8, 4) is 0 Å². The van der Waals surface area contributed by atoms with Gasteiger partial charge in [0.05, 0.1) is 10.5 Å². The molecule has 0 spiro atoms. The van der Waals surface area contributed by atoms with E-state index < -0.39 is 15.9 Å². The number of carbonyl (C=O) groups is 1. The van der Waals surface area contributed by atoms with Gasteiger partial charge < -0.3 is 0 Å². The number of hydrogen-bond donors (Lipinski definition) is 1. The van der Waals surface area contributed by atoms with Crippen molar-refractivity contribution in [2.24, 2.45) is 0 Å². The highest BCUT2D eigenvalue weighted by molar-refractivity contribution is 7.90. The Labute approximate surface area is 125 Å². The maximum absolute atomic E-state index is 12.4. The Morgan fingerprint density at radius 1 is 1.19 bits per heavy atom. The molecule has 3 aromatic rings. The third-order valence-corrected chi connectivity index (χ3v) is 5.01. The first-order chi connectivity index (χ1) is 10.1. The van der Waals surface area contributed by atoms with Crippen molar-refractivity contribution in [1.82, 2.24) is 9.71 Å². The Balaban J connectivity index is 2.03. The van der Waals surface area contributed by atoms with Crippen LogP contribution in [0.25, 0.3) is 10.8 Å². The number of aromatic nitrogens is 1. The fraction of sp³-hybridized carbons (Fsp3) is 0. The van der Waals surface area contributed by atoms with Crippen LogP contribution >= 0.6 is 11.3 Å². The van der Waals surface area contributed by atoms with Crippen molar-refractivity contribution in [1.29, 1.82) is 0 Å².